The zero-order chi connectivity index (χ0) is 15.2. The summed E-state index contributed by atoms with van der Waals surface area (Å²) < 4.78 is 5.10. The fourth-order valence-corrected chi connectivity index (χ4v) is 2.53. The molecule has 2 amide bonds. The zero-order valence-corrected chi connectivity index (χ0v) is 12.6. The quantitative estimate of drug-likeness (QED) is 0.778. The fourth-order valence-electron chi connectivity index (χ4n) is 2.53. The summed E-state index contributed by atoms with van der Waals surface area (Å²) in [6, 6.07) is 7.37. The molecule has 1 N–H and O–H groups in total. The van der Waals surface area contributed by atoms with E-state index in [1.165, 1.54) is 4.90 Å². The summed E-state index contributed by atoms with van der Waals surface area (Å²) in [6.07, 6.45) is 1.79. The number of para-hydroxylation sites is 1. The molecule has 1 saturated heterocycles. The molecular weight excluding hydrogens is 268 g/mol. The molecule has 0 aliphatic carbocycles. The molecule has 21 heavy (non-hydrogen) atoms. The van der Waals surface area contributed by atoms with E-state index in [9.17, 15) is 9.59 Å². The van der Waals surface area contributed by atoms with E-state index in [1.54, 1.807) is 7.11 Å². The lowest BCUT2D eigenvalue weighted by molar-refractivity contribution is -0.138. The van der Waals surface area contributed by atoms with Crippen LogP contribution in [-0.4, -0.2) is 43.0 Å². The van der Waals surface area contributed by atoms with Crippen molar-refractivity contribution >= 4 is 17.5 Å². The Balaban J connectivity index is 2.08. The molecule has 1 aromatic carbocycles. The average Bonchev–Trinajstić information content (AvgIpc) is 2.74. The van der Waals surface area contributed by atoms with E-state index in [-0.39, 0.29) is 18.2 Å². The van der Waals surface area contributed by atoms with Crippen molar-refractivity contribution in [2.45, 2.75) is 32.2 Å². The third-order valence-corrected chi connectivity index (χ3v) is 3.61. The van der Waals surface area contributed by atoms with Gasteiger partial charge in [0.1, 0.15) is 6.04 Å². The maximum absolute atomic E-state index is 12.3. The van der Waals surface area contributed by atoms with Crippen molar-refractivity contribution in [3.8, 4) is 0 Å². The first-order valence-corrected chi connectivity index (χ1v) is 7.35. The molecule has 0 spiro atoms. The summed E-state index contributed by atoms with van der Waals surface area (Å²) in [5.41, 5.74) is 1.99. The highest BCUT2D eigenvalue weighted by Crippen LogP contribution is 2.22. The van der Waals surface area contributed by atoms with Crippen molar-refractivity contribution in [3.05, 3.63) is 29.8 Å². The van der Waals surface area contributed by atoms with E-state index in [1.807, 2.05) is 31.2 Å². The number of rotatable bonds is 7. The largest absolute Gasteiger partial charge is 0.384 e. The van der Waals surface area contributed by atoms with Crippen LogP contribution in [-0.2, 0) is 20.7 Å². The molecule has 5 heteroatoms. The second kappa shape index (κ2) is 7.22. The maximum atomic E-state index is 12.3. The molecular formula is C16H22N2O3. The van der Waals surface area contributed by atoms with E-state index in [2.05, 4.69) is 5.32 Å². The number of amides is 2. The first kappa shape index (κ1) is 15.5. The van der Waals surface area contributed by atoms with Crippen LogP contribution in [0.4, 0.5) is 5.69 Å². The SMILES string of the molecule is CCCN1C(=O)CC(Nc2ccccc2CCOC)C1=O. The predicted molar refractivity (Wildman–Crippen MR) is 81.1 cm³/mol. The molecule has 1 fully saturated rings. The van der Waals surface area contributed by atoms with Gasteiger partial charge in [-0.25, -0.2) is 0 Å². The standard InChI is InChI=1S/C16H22N2O3/c1-3-9-18-15(19)11-14(16(18)20)17-13-7-5-4-6-12(13)8-10-21-2/h4-7,14,17H,3,8-11H2,1-2H3. The molecule has 0 aromatic heterocycles. The minimum atomic E-state index is -0.451. The smallest absolute Gasteiger partial charge is 0.252 e. The van der Waals surface area contributed by atoms with Gasteiger partial charge < -0.3 is 10.1 Å². The van der Waals surface area contributed by atoms with Crippen LogP contribution in [0.5, 0.6) is 0 Å². The molecule has 1 aliphatic rings. The number of hydrogen-bond donors (Lipinski definition) is 1. The van der Waals surface area contributed by atoms with Crippen molar-refractivity contribution in [2.24, 2.45) is 0 Å². The second-order valence-corrected chi connectivity index (χ2v) is 5.18. The van der Waals surface area contributed by atoms with Crippen LogP contribution in [0.3, 0.4) is 0 Å². The highest BCUT2D eigenvalue weighted by atomic mass is 16.5. The number of methoxy groups -OCH3 is 1. The second-order valence-electron chi connectivity index (χ2n) is 5.18. The van der Waals surface area contributed by atoms with Gasteiger partial charge in [-0.3, -0.25) is 14.5 Å². The molecule has 1 heterocycles. The van der Waals surface area contributed by atoms with Crippen molar-refractivity contribution in [3.63, 3.8) is 0 Å². The number of carbonyl (C=O) groups is 2. The third kappa shape index (κ3) is 3.61. The van der Waals surface area contributed by atoms with E-state index < -0.39 is 6.04 Å². The number of nitrogens with zero attached hydrogens (tertiary/aromatic N) is 1. The van der Waals surface area contributed by atoms with Crippen LogP contribution < -0.4 is 5.32 Å². The maximum Gasteiger partial charge on any atom is 0.252 e. The van der Waals surface area contributed by atoms with Gasteiger partial charge in [0.05, 0.1) is 13.0 Å². The minimum absolute atomic E-state index is 0.0891. The summed E-state index contributed by atoms with van der Waals surface area (Å²) in [7, 11) is 1.66. The highest BCUT2D eigenvalue weighted by Gasteiger charge is 2.37. The highest BCUT2D eigenvalue weighted by molar-refractivity contribution is 6.06. The topological polar surface area (TPSA) is 58.6 Å². The number of ether oxygens (including phenoxy) is 1. The van der Waals surface area contributed by atoms with Crippen LogP contribution >= 0.6 is 0 Å². The summed E-state index contributed by atoms with van der Waals surface area (Å²) in [4.78, 5) is 25.5. The number of nitrogens with one attached hydrogen (secondary N) is 1. The van der Waals surface area contributed by atoms with E-state index in [0.29, 0.717) is 13.2 Å². The Hall–Kier alpha value is -1.88. The molecule has 1 aliphatic heterocycles. The van der Waals surface area contributed by atoms with E-state index >= 15 is 0 Å². The number of anilines is 1. The summed E-state index contributed by atoms with van der Waals surface area (Å²) in [5.74, 6) is -0.211. The fraction of sp³-hybridized carbons (Fsp3) is 0.500. The van der Waals surface area contributed by atoms with Gasteiger partial charge in [-0.2, -0.15) is 0 Å². The number of likely N-dealkylation sites (tertiary alicyclic amines) is 1. The van der Waals surface area contributed by atoms with Crippen LogP contribution in [0.25, 0.3) is 0 Å². The molecule has 0 radical (unpaired) electrons. The number of hydrogen-bond acceptors (Lipinski definition) is 4. The molecule has 114 valence electrons. The van der Waals surface area contributed by atoms with Crippen molar-refractivity contribution in [1.29, 1.82) is 0 Å². The van der Waals surface area contributed by atoms with Crippen molar-refractivity contribution in [2.75, 3.05) is 25.6 Å². The molecule has 1 unspecified atom stereocenters. The first-order chi connectivity index (χ1) is 10.2. The number of imide groups is 1. The molecule has 1 aromatic rings. The van der Waals surface area contributed by atoms with Crippen molar-refractivity contribution < 1.29 is 14.3 Å². The Bertz CT molecular complexity index is 516. The Morgan fingerprint density at radius 2 is 2.10 bits per heavy atom. The Labute approximate surface area is 125 Å². The van der Waals surface area contributed by atoms with Gasteiger partial charge in [-0.05, 0) is 24.5 Å². The van der Waals surface area contributed by atoms with Crippen LogP contribution in [0.15, 0.2) is 24.3 Å². The molecule has 0 saturated carbocycles. The number of benzene rings is 1. The summed E-state index contributed by atoms with van der Waals surface area (Å²) in [6.45, 7) is 3.08. The predicted octanol–water partition coefficient (Wildman–Crippen LogP) is 1.82. The van der Waals surface area contributed by atoms with E-state index in [0.717, 1.165) is 24.1 Å². The van der Waals surface area contributed by atoms with Crippen molar-refractivity contribution in [1.82, 2.24) is 4.90 Å². The average molecular weight is 290 g/mol. The molecule has 2 rings (SSSR count). The van der Waals surface area contributed by atoms with Gasteiger partial charge in [-0.1, -0.05) is 25.1 Å². The first-order valence-electron chi connectivity index (χ1n) is 7.35. The number of carbonyl (C=O) groups excluding carboxylic acids is 2. The Kier molecular flexibility index (Phi) is 5.33. The lowest BCUT2D eigenvalue weighted by Crippen LogP contribution is -2.35. The van der Waals surface area contributed by atoms with Gasteiger partial charge in [0.2, 0.25) is 5.91 Å². The summed E-state index contributed by atoms with van der Waals surface area (Å²) in [5, 5.41) is 3.22. The lowest BCUT2D eigenvalue weighted by Gasteiger charge is -2.17. The zero-order valence-electron chi connectivity index (χ0n) is 12.6. The Morgan fingerprint density at radius 3 is 2.81 bits per heavy atom. The Morgan fingerprint density at radius 1 is 1.33 bits per heavy atom. The van der Waals surface area contributed by atoms with Gasteiger partial charge >= 0.3 is 0 Å². The normalized spacial score (nSPS) is 18.4. The monoisotopic (exact) mass is 290 g/mol. The lowest BCUT2D eigenvalue weighted by atomic mass is 10.1. The molecule has 1 atom stereocenters. The minimum Gasteiger partial charge on any atom is -0.384 e. The third-order valence-electron chi connectivity index (χ3n) is 3.61. The van der Waals surface area contributed by atoms with Gasteiger partial charge in [0.15, 0.2) is 0 Å². The molecule has 0 bridgehead atoms. The van der Waals surface area contributed by atoms with E-state index in [4.69, 9.17) is 4.74 Å². The van der Waals surface area contributed by atoms with Crippen LogP contribution in [0, 0.1) is 0 Å². The van der Waals surface area contributed by atoms with Gasteiger partial charge in [0.25, 0.3) is 5.91 Å². The molecule has 5 nitrogen and oxygen atoms in total. The van der Waals surface area contributed by atoms with Crippen LogP contribution in [0.2, 0.25) is 0 Å². The van der Waals surface area contributed by atoms with Gasteiger partial charge in [0, 0.05) is 19.3 Å². The van der Waals surface area contributed by atoms with Crippen LogP contribution in [0.1, 0.15) is 25.3 Å². The summed E-state index contributed by atoms with van der Waals surface area (Å²) >= 11 is 0. The van der Waals surface area contributed by atoms with Gasteiger partial charge in [-0.15, -0.1) is 0 Å².